The summed E-state index contributed by atoms with van der Waals surface area (Å²) in [5.74, 6) is 5.88. The molecule has 1 aromatic carbocycles. The Kier molecular flexibility index (Phi) is 8.71. The molecule has 0 saturated heterocycles. The maximum absolute atomic E-state index is 11.7. The van der Waals surface area contributed by atoms with Gasteiger partial charge in [-0.15, -0.1) is 11.8 Å². The normalized spacial score (nSPS) is 25.8. The quantitative estimate of drug-likeness (QED) is 0.244. The third-order valence-electron chi connectivity index (χ3n) is 6.71. The Labute approximate surface area is 196 Å². The predicted octanol–water partition coefficient (Wildman–Crippen LogP) is 3.19. The Morgan fingerprint density at radius 2 is 2.18 bits per heavy atom. The third-order valence-corrected chi connectivity index (χ3v) is 6.71. The lowest BCUT2D eigenvalue weighted by atomic mass is 9.85. The Bertz CT molecular complexity index is 926. The van der Waals surface area contributed by atoms with Crippen molar-refractivity contribution >= 4 is 12.3 Å². The van der Waals surface area contributed by atoms with Gasteiger partial charge in [-0.1, -0.05) is 37.3 Å². The fourth-order valence-corrected chi connectivity index (χ4v) is 4.84. The molecule has 7 atom stereocenters. The van der Waals surface area contributed by atoms with Gasteiger partial charge < -0.3 is 24.5 Å². The van der Waals surface area contributed by atoms with Gasteiger partial charge in [-0.25, -0.2) is 0 Å². The van der Waals surface area contributed by atoms with E-state index in [2.05, 4.69) is 11.8 Å². The second kappa shape index (κ2) is 11.5. The van der Waals surface area contributed by atoms with Crippen LogP contribution in [-0.2, 0) is 20.7 Å². The number of carbonyl (C=O) groups is 2. The Balaban J connectivity index is 1.84. The molecule has 33 heavy (non-hydrogen) atoms. The van der Waals surface area contributed by atoms with Crippen LogP contribution in [-0.4, -0.2) is 47.4 Å². The van der Waals surface area contributed by atoms with Gasteiger partial charge in [0.2, 0.25) is 0 Å². The van der Waals surface area contributed by atoms with Crippen molar-refractivity contribution in [3.63, 3.8) is 0 Å². The zero-order valence-corrected chi connectivity index (χ0v) is 19.6. The van der Waals surface area contributed by atoms with Crippen LogP contribution in [0.4, 0.5) is 0 Å². The van der Waals surface area contributed by atoms with E-state index in [-0.39, 0.29) is 48.5 Å². The molecule has 1 unspecified atom stereocenters. The van der Waals surface area contributed by atoms with E-state index in [1.807, 2.05) is 31.2 Å². The van der Waals surface area contributed by atoms with Gasteiger partial charge in [-0.2, -0.15) is 0 Å². The minimum Gasteiger partial charge on any atom is -0.489 e. The fourth-order valence-electron chi connectivity index (χ4n) is 4.84. The molecule has 1 fully saturated rings. The first-order valence-corrected chi connectivity index (χ1v) is 11.7. The molecule has 6 heteroatoms. The van der Waals surface area contributed by atoms with Crippen molar-refractivity contribution in [2.75, 3.05) is 6.61 Å². The molecule has 1 aliphatic heterocycles. The van der Waals surface area contributed by atoms with Crippen molar-refractivity contribution < 1.29 is 29.3 Å². The van der Waals surface area contributed by atoms with E-state index in [9.17, 15) is 19.8 Å². The average Bonchev–Trinajstić information content (AvgIpc) is 3.32. The summed E-state index contributed by atoms with van der Waals surface area (Å²) < 4.78 is 12.0. The van der Waals surface area contributed by atoms with Crippen LogP contribution in [0.1, 0.15) is 57.1 Å². The number of aliphatic hydroxyl groups is 2. The Hall–Kier alpha value is -2.62. The van der Waals surface area contributed by atoms with Crippen molar-refractivity contribution in [3.05, 3.63) is 41.5 Å². The van der Waals surface area contributed by atoms with E-state index >= 15 is 0 Å². The van der Waals surface area contributed by atoms with Crippen LogP contribution in [0, 0.1) is 29.6 Å². The van der Waals surface area contributed by atoms with E-state index in [0.29, 0.717) is 25.7 Å². The molecule has 0 radical (unpaired) electrons. The molecule has 2 N–H and O–H groups in total. The number of benzene rings is 1. The number of esters is 1. The zero-order valence-electron chi connectivity index (χ0n) is 19.6. The number of hydrogen-bond donors (Lipinski definition) is 2. The van der Waals surface area contributed by atoms with Crippen LogP contribution in [0.5, 0.6) is 5.75 Å². The maximum atomic E-state index is 11.7. The topological polar surface area (TPSA) is 93.1 Å². The van der Waals surface area contributed by atoms with Crippen LogP contribution in [0.2, 0.25) is 0 Å². The summed E-state index contributed by atoms with van der Waals surface area (Å²) in [5.41, 5.74) is 2.08. The minimum absolute atomic E-state index is 0.00548. The number of carbonyl (C=O) groups excluding carboxylic acids is 2. The number of para-hydroxylation sites is 1. The van der Waals surface area contributed by atoms with Crippen molar-refractivity contribution in [1.29, 1.82) is 0 Å². The molecule has 0 spiro atoms. The third kappa shape index (κ3) is 5.85. The van der Waals surface area contributed by atoms with E-state index in [1.165, 1.54) is 6.92 Å². The highest BCUT2D eigenvalue weighted by atomic mass is 16.5. The van der Waals surface area contributed by atoms with Crippen molar-refractivity contribution in [2.24, 2.45) is 17.8 Å². The summed E-state index contributed by atoms with van der Waals surface area (Å²) in [6.07, 6.45) is 5.84. The van der Waals surface area contributed by atoms with Gasteiger partial charge in [0.15, 0.2) is 0 Å². The molecule has 1 saturated carbocycles. The van der Waals surface area contributed by atoms with Crippen LogP contribution in [0.25, 0.3) is 0 Å². The summed E-state index contributed by atoms with van der Waals surface area (Å²) in [6.45, 7) is 4.99. The smallest absolute Gasteiger partial charge is 0.302 e. The second-order valence-corrected chi connectivity index (χ2v) is 9.08. The first-order chi connectivity index (χ1) is 15.9. The summed E-state index contributed by atoms with van der Waals surface area (Å²) in [7, 11) is 0. The summed E-state index contributed by atoms with van der Waals surface area (Å²) in [4.78, 5) is 22.8. The molecule has 2 aliphatic rings. The van der Waals surface area contributed by atoms with Gasteiger partial charge in [-0.3, -0.25) is 4.79 Å². The van der Waals surface area contributed by atoms with Crippen LogP contribution < -0.4 is 4.74 Å². The molecule has 1 aromatic rings. The largest absolute Gasteiger partial charge is 0.489 e. The molecule has 1 aliphatic carbocycles. The first-order valence-electron chi connectivity index (χ1n) is 11.7. The lowest BCUT2D eigenvalue weighted by Crippen LogP contribution is -2.23. The second-order valence-electron chi connectivity index (χ2n) is 9.08. The molecule has 6 nitrogen and oxygen atoms in total. The zero-order chi connectivity index (χ0) is 24.0. The van der Waals surface area contributed by atoms with Gasteiger partial charge in [-0.05, 0) is 31.2 Å². The molecule has 0 amide bonds. The van der Waals surface area contributed by atoms with Gasteiger partial charge in [0.25, 0.3) is 0 Å². The van der Waals surface area contributed by atoms with Gasteiger partial charge in [0.1, 0.15) is 24.2 Å². The number of aldehydes is 1. The first kappa shape index (κ1) is 25.0. The van der Waals surface area contributed by atoms with Crippen molar-refractivity contribution in [1.82, 2.24) is 0 Å². The monoisotopic (exact) mass is 454 g/mol. The molecular weight excluding hydrogens is 420 g/mol. The molecule has 3 rings (SSSR count). The highest BCUT2D eigenvalue weighted by molar-refractivity contribution is 5.66. The summed E-state index contributed by atoms with van der Waals surface area (Å²) in [5, 5.41) is 19.9. The van der Waals surface area contributed by atoms with E-state index in [1.54, 1.807) is 13.0 Å². The fraction of sp³-hybridized carbons (Fsp3) is 0.556. The van der Waals surface area contributed by atoms with Gasteiger partial charge in [0, 0.05) is 43.1 Å². The minimum atomic E-state index is -0.644. The van der Waals surface area contributed by atoms with E-state index < -0.39 is 6.10 Å². The average molecular weight is 455 g/mol. The summed E-state index contributed by atoms with van der Waals surface area (Å²) >= 11 is 0. The van der Waals surface area contributed by atoms with Crippen LogP contribution in [0.15, 0.2) is 30.4 Å². The van der Waals surface area contributed by atoms with Crippen LogP contribution >= 0.6 is 0 Å². The molecule has 1 heterocycles. The highest BCUT2D eigenvalue weighted by Gasteiger charge is 2.50. The molecule has 0 aromatic heterocycles. The van der Waals surface area contributed by atoms with Crippen molar-refractivity contribution in [2.45, 2.75) is 70.7 Å². The SMILES string of the molecule is CC#CC[C@H](C)[C@H](O)/C=C/[C@@H]1[C@H]2c3cccc(CCC(C=O)CO)c3O[C@H]2C[C@H]1OC(C)=O. The number of hydrogen-bond acceptors (Lipinski definition) is 6. The Morgan fingerprint density at radius 3 is 2.85 bits per heavy atom. The lowest BCUT2D eigenvalue weighted by Gasteiger charge is -2.22. The molecule has 0 bridgehead atoms. The van der Waals surface area contributed by atoms with Crippen LogP contribution in [0.3, 0.4) is 0 Å². The highest BCUT2D eigenvalue weighted by Crippen LogP contribution is 2.52. The number of aryl methyl sites for hydroxylation is 1. The van der Waals surface area contributed by atoms with Crippen molar-refractivity contribution in [3.8, 4) is 17.6 Å². The predicted molar refractivity (Wildman–Crippen MR) is 125 cm³/mol. The maximum Gasteiger partial charge on any atom is 0.302 e. The summed E-state index contributed by atoms with van der Waals surface area (Å²) in [6, 6.07) is 6.02. The molecular formula is C27H34O6. The Morgan fingerprint density at radius 1 is 1.39 bits per heavy atom. The number of aliphatic hydroxyl groups excluding tert-OH is 2. The van der Waals surface area contributed by atoms with Gasteiger partial charge >= 0.3 is 5.97 Å². The van der Waals surface area contributed by atoms with E-state index in [4.69, 9.17) is 9.47 Å². The molecule has 178 valence electrons. The lowest BCUT2D eigenvalue weighted by molar-refractivity contribution is -0.147. The van der Waals surface area contributed by atoms with E-state index in [0.717, 1.165) is 23.2 Å². The standard InChI is InChI=1S/C27H34O6/c1-4-5-7-17(2)23(31)13-12-21-24(32-18(3)30)14-25-26(21)22-9-6-8-20(27(22)33-25)11-10-19(15-28)16-29/h6,8-9,12-13,15,17,19,21,23-26,29,31H,7,10-11,14,16H2,1-3H3/b13-12+/t17-,19?,21-,23+,24+,25-,26-/m0/s1. The number of rotatable bonds is 10. The number of fused-ring (bicyclic) bond motifs is 3. The number of ether oxygens (including phenoxy) is 2. The van der Waals surface area contributed by atoms with Gasteiger partial charge in [0.05, 0.1) is 12.7 Å².